The number of aromatic hydroxyl groups is 2. The van der Waals surface area contributed by atoms with Crippen LogP contribution in [0.4, 0.5) is 11.4 Å². The van der Waals surface area contributed by atoms with Crippen molar-refractivity contribution in [3.8, 4) is 27.8 Å². The summed E-state index contributed by atoms with van der Waals surface area (Å²) < 4.78 is 1.75. The van der Waals surface area contributed by atoms with Gasteiger partial charge in [-0.15, -0.1) is 21.6 Å². The number of rotatable bonds is 5. The number of azo groups is 1. The number of benzene rings is 3. The molecule has 0 aliphatic carbocycles. The largest absolute Gasteiger partial charge is 0.505 e. The van der Waals surface area contributed by atoms with E-state index in [0.29, 0.717) is 16.8 Å². The van der Waals surface area contributed by atoms with Crippen molar-refractivity contribution in [1.29, 1.82) is 0 Å². The Bertz CT molecular complexity index is 1580. The molecule has 0 aliphatic heterocycles. The number of carboxylic acid groups (broad SMARTS) is 1. The van der Waals surface area contributed by atoms with Crippen molar-refractivity contribution in [2.45, 2.75) is 6.92 Å². The number of hydrogen-bond acceptors (Lipinski definition) is 6. The Balaban J connectivity index is 1.60. The molecule has 2 heterocycles. The van der Waals surface area contributed by atoms with Crippen molar-refractivity contribution < 1.29 is 20.1 Å². The number of phenols is 1. The molecule has 34 heavy (non-hydrogen) atoms. The summed E-state index contributed by atoms with van der Waals surface area (Å²) in [7, 11) is 0. The molecule has 0 saturated carbocycles. The first kappa shape index (κ1) is 21.4. The lowest BCUT2D eigenvalue weighted by Gasteiger charge is -2.07. The topological polar surface area (TPSA) is 107 Å². The molecule has 3 aromatic carbocycles. The van der Waals surface area contributed by atoms with Gasteiger partial charge in [-0.2, -0.15) is 0 Å². The maximum absolute atomic E-state index is 11.3. The first-order valence-corrected chi connectivity index (χ1v) is 11.3. The van der Waals surface area contributed by atoms with Crippen LogP contribution in [0.15, 0.2) is 88.4 Å². The van der Waals surface area contributed by atoms with Gasteiger partial charge in [0.15, 0.2) is 11.4 Å². The molecule has 5 rings (SSSR count). The molecule has 0 unspecified atom stereocenters. The van der Waals surface area contributed by atoms with E-state index >= 15 is 0 Å². The molecule has 168 valence electrons. The Labute approximate surface area is 198 Å². The monoisotopic (exact) mass is 469 g/mol. The molecule has 0 radical (unpaired) electrons. The molecule has 0 saturated heterocycles. The number of carboxylic acids is 1. The molecule has 3 N–H and O–H groups in total. The molecular weight excluding hydrogens is 450 g/mol. The van der Waals surface area contributed by atoms with Crippen LogP contribution in [0.3, 0.4) is 0 Å². The van der Waals surface area contributed by atoms with Gasteiger partial charge < -0.3 is 15.3 Å². The minimum atomic E-state index is -1.05. The third-order valence-electron chi connectivity index (χ3n) is 5.55. The molecule has 0 aliphatic rings. The first-order chi connectivity index (χ1) is 16.5. The molecule has 7 nitrogen and oxygen atoms in total. The molecule has 0 spiro atoms. The highest BCUT2D eigenvalue weighted by Gasteiger charge is 2.20. The van der Waals surface area contributed by atoms with Crippen LogP contribution in [0, 0.1) is 6.92 Å². The van der Waals surface area contributed by atoms with E-state index in [9.17, 15) is 20.1 Å². The van der Waals surface area contributed by atoms with Crippen molar-refractivity contribution in [2.75, 3.05) is 0 Å². The van der Waals surface area contributed by atoms with Gasteiger partial charge in [0.2, 0.25) is 5.88 Å². The maximum Gasteiger partial charge on any atom is 0.335 e. The average Bonchev–Trinajstić information content (AvgIpc) is 3.38. The molecule has 0 atom stereocenters. The van der Waals surface area contributed by atoms with Crippen LogP contribution in [0.5, 0.6) is 11.6 Å². The van der Waals surface area contributed by atoms with Crippen LogP contribution in [0.2, 0.25) is 0 Å². The van der Waals surface area contributed by atoms with Gasteiger partial charge in [0, 0.05) is 10.9 Å². The zero-order chi connectivity index (χ0) is 23.8. The van der Waals surface area contributed by atoms with Gasteiger partial charge in [-0.1, -0.05) is 42.5 Å². The summed E-state index contributed by atoms with van der Waals surface area (Å²) in [6.45, 7) is 1.98. The van der Waals surface area contributed by atoms with Gasteiger partial charge in [0.25, 0.3) is 0 Å². The second kappa shape index (κ2) is 8.49. The van der Waals surface area contributed by atoms with E-state index in [1.807, 2.05) is 42.6 Å². The molecule has 0 bridgehead atoms. The van der Waals surface area contributed by atoms with Crippen molar-refractivity contribution in [2.24, 2.45) is 10.2 Å². The number of carbonyl (C=O) groups is 1. The summed E-state index contributed by atoms with van der Waals surface area (Å²) in [5, 5.41) is 43.3. The molecule has 8 heteroatoms. The van der Waals surface area contributed by atoms with E-state index in [2.05, 4.69) is 10.2 Å². The van der Waals surface area contributed by atoms with E-state index in [1.165, 1.54) is 23.5 Å². The second-order valence-electron chi connectivity index (χ2n) is 7.69. The number of aryl methyl sites for hydroxylation is 1. The van der Waals surface area contributed by atoms with Crippen LogP contribution in [0.1, 0.15) is 15.9 Å². The molecule has 2 aromatic heterocycles. The summed E-state index contributed by atoms with van der Waals surface area (Å²) in [4.78, 5) is 11.3. The van der Waals surface area contributed by atoms with Gasteiger partial charge in [0.1, 0.15) is 10.7 Å². The minimum absolute atomic E-state index is 0.0414. The van der Waals surface area contributed by atoms with Crippen molar-refractivity contribution in [3.05, 3.63) is 89.3 Å². The SMILES string of the molecule is Cc1ccsc1-n1c(O)c(N=Nc2cccc(-c3cccc(C(=O)O)c3)c2O)c2ccccc21. The fraction of sp³-hybridized carbons (Fsp3) is 0.0385. The Morgan fingerprint density at radius 1 is 0.941 bits per heavy atom. The van der Waals surface area contributed by atoms with E-state index in [0.717, 1.165) is 21.5 Å². The lowest BCUT2D eigenvalue weighted by molar-refractivity contribution is 0.0697. The number of para-hydroxylation sites is 2. The first-order valence-electron chi connectivity index (χ1n) is 10.4. The summed E-state index contributed by atoms with van der Waals surface area (Å²) in [5.41, 5.74) is 3.40. The highest BCUT2D eigenvalue weighted by atomic mass is 32.1. The smallest absolute Gasteiger partial charge is 0.335 e. The third-order valence-corrected chi connectivity index (χ3v) is 6.55. The number of aromatic nitrogens is 1. The number of fused-ring (bicyclic) bond motifs is 1. The van der Waals surface area contributed by atoms with Crippen LogP contribution < -0.4 is 0 Å². The van der Waals surface area contributed by atoms with Gasteiger partial charge >= 0.3 is 5.97 Å². The zero-order valence-electron chi connectivity index (χ0n) is 18.0. The van der Waals surface area contributed by atoms with E-state index in [1.54, 1.807) is 34.9 Å². The number of phenolic OH excluding ortho intramolecular Hbond substituents is 1. The standard InChI is InChI=1S/C26H19N3O4S/c1-15-12-13-34-25(15)29-21-11-3-2-8-19(21)22(24(29)31)28-27-20-10-5-9-18(23(20)30)16-6-4-7-17(14-16)26(32)33/h2-14,30-31H,1H3,(H,32,33). The van der Waals surface area contributed by atoms with Crippen molar-refractivity contribution in [3.63, 3.8) is 0 Å². The predicted molar refractivity (Wildman–Crippen MR) is 132 cm³/mol. The Kier molecular flexibility index (Phi) is 5.35. The Morgan fingerprint density at radius 3 is 2.50 bits per heavy atom. The summed E-state index contributed by atoms with van der Waals surface area (Å²) in [6, 6.07) is 20.8. The van der Waals surface area contributed by atoms with E-state index in [4.69, 9.17) is 0 Å². The third kappa shape index (κ3) is 3.60. The Hall–Kier alpha value is -4.43. The number of aromatic carboxylic acids is 1. The van der Waals surface area contributed by atoms with Crippen LogP contribution >= 0.6 is 11.3 Å². The summed E-state index contributed by atoms with van der Waals surface area (Å²) >= 11 is 1.51. The fourth-order valence-electron chi connectivity index (χ4n) is 3.88. The average molecular weight is 470 g/mol. The highest BCUT2D eigenvalue weighted by molar-refractivity contribution is 7.12. The number of thiophene rings is 1. The number of nitrogens with zero attached hydrogens (tertiary/aromatic N) is 3. The minimum Gasteiger partial charge on any atom is -0.505 e. The van der Waals surface area contributed by atoms with Gasteiger partial charge in [-0.05, 0) is 53.8 Å². The van der Waals surface area contributed by atoms with Gasteiger partial charge in [-0.3, -0.25) is 4.57 Å². The number of hydrogen-bond donors (Lipinski definition) is 3. The van der Waals surface area contributed by atoms with Crippen molar-refractivity contribution in [1.82, 2.24) is 4.57 Å². The normalized spacial score (nSPS) is 11.4. The Morgan fingerprint density at radius 2 is 1.74 bits per heavy atom. The van der Waals surface area contributed by atoms with Crippen LogP contribution in [0.25, 0.3) is 27.0 Å². The molecular formula is C26H19N3O4S. The fourth-order valence-corrected chi connectivity index (χ4v) is 4.82. The summed E-state index contributed by atoms with van der Waals surface area (Å²) in [6.07, 6.45) is 0. The van der Waals surface area contributed by atoms with Crippen LogP contribution in [-0.4, -0.2) is 25.9 Å². The van der Waals surface area contributed by atoms with E-state index in [-0.39, 0.29) is 22.9 Å². The predicted octanol–water partition coefficient (Wildman–Crippen LogP) is 7.19. The lowest BCUT2D eigenvalue weighted by Crippen LogP contribution is -1.95. The lowest BCUT2D eigenvalue weighted by atomic mass is 10.0. The second-order valence-corrected chi connectivity index (χ2v) is 8.59. The van der Waals surface area contributed by atoms with Crippen LogP contribution in [-0.2, 0) is 0 Å². The molecule has 0 amide bonds. The zero-order valence-corrected chi connectivity index (χ0v) is 18.8. The molecule has 5 aromatic rings. The van der Waals surface area contributed by atoms with Crippen molar-refractivity contribution >= 4 is 39.6 Å². The van der Waals surface area contributed by atoms with Gasteiger partial charge in [0.05, 0.1) is 11.1 Å². The maximum atomic E-state index is 11.3. The van der Waals surface area contributed by atoms with Gasteiger partial charge in [-0.25, -0.2) is 4.79 Å². The molecule has 0 fully saturated rings. The van der Waals surface area contributed by atoms with E-state index < -0.39 is 5.97 Å². The summed E-state index contributed by atoms with van der Waals surface area (Å²) in [5.74, 6) is -1.23. The quantitative estimate of drug-likeness (QED) is 0.237. The highest BCUT2D eigenvalue weighted by Crippen LogP contribution is 2.44.